The van der Waals surface area contributed by atoms with Gasteiger partial charge in [0.25, 0.3) is 0 Å². The normalized spacial score (nSPS) is 22.9. The number of carbonyl (C=O) groups is 1. The van der Waals surface area contributed by atoms with E-state index in [1.165, 1.54) is 36.8 Å². The molecule has 1 unspecified atom stereocenters. The number of rotatable bonds is 3. The van der Waals surface area contributed by atoms with Crippen LogP contribution in [0.15, 0.2) is 29.3 Å². The summed E-state index contributed by atoms with van der Waals surface area (Å²) in [6.07, 6.45) is 8.61. The van der Waals surface area contributed by atoms with Crippen molar-refractivity contribution in [3.63, 3.8) is 0 Å². The zero-order valence-corrected chi connectivity index (χ0v) is 19.4. The number of aliphatic imine (C=N–C) groups is 1. The largest absolute Gasteiger partial charge is 0.353 e. The number of likely N-dealkylation sites (tertiary alicyclic amines) is 1. The highest BCUT2D eigenvalue weighted by atomic mass is 127. The minimum atomic E-state index is 0. The zero-order valence-electron chi connectivity index (χ0n) is 17.1. The van der Waals surface area contributed by atoms with Gasteiger partial charge < -0.3 is 15.1 Å². The average molecular weight is 496 g/mol. The number of carbonyl (C=O) groups excluding carboxylic acids is 1. The first kappa shape index (κ1) is 21.4. The summed E-state index contributed by atoms with van der Waals surface area (Å²) >= 11 is 0. The van der Waals surface area contributed by atoms with Crippen LogP contribution in [-0.4, -0.2) is 61.4 Å². The van der Waals surface area contributed by atoms with Crippen LogP contribution in [0.5, 0.6) is 0 Å². The standard InChI is InChI=1S/C22H32N4O.HI/c1-25(2)20(27)15-23-21(26-13-12-22(16-26)10-5-11-22)24-19-9-8-17-6-3-4-7-18(17)14-19;/h3-4,6-7,19H,5,8-16H2,1-2H3,(H,23,24);1H. The van der Waals surface area contributed by atoms with E-state index in [1.54, 1.807) is 19.0 Å². The summed E-state index contributed by atoms with van der Waals surface area (Å²) in [6.45, 7) is 2.38. The Hall–Kier alpha value is -1.31. The summed E-state index contributed by atoms with van der Waals surface area (Å²) in [6, 6.07) is 9.15. The lowest BCUT2D eigenvalue weighted by atomic mass is 9.68. The number of hydrogen-bond donors (Lipinski definition) is 1. The van der Waals surface area contributed by atoms with E-state index in [1.807, 2.05) is 0 Å². The Morgan fingerprint density at radius 2 is 2.00 bits per heavy atom. The van der Waals surface area contributed by atoms with E-state index in [9.17, 15) is 4.79 Å². The van der Waals surface area contributed by atoms with Crippen LogP contribution in [0.4, 0.5) is 0 Å². The molecule has 1 amide bonds. The third kappa shape index (κ3) is 4.63. The van der Waals surface area contributed by atoms with Gasteiger partial charge in [0.05, 0.1) is 0 Å². The van der Waals surface area contributed by atoms with Gasteiger partial charge in [0.1, 0.15) is 6.54 Å². The molecule has 0 bridgehead atoms. The van der Waals surface area contributed by atoms with E-state index in [0.717, 1.165) is 38.3 Å². The van der Waals surface area contributed by atoms with Crippen molar-refractivity contribution in [2.45, 2.75) is 51.0 Å². The molecule has 1 atom stereocenters. The maximum absolute atomic E-state index is 12.1. The predicted molar refractivity (Wildman–Crippen MR) is 124 cm³/mol. The Kier molecular flexibility index (Phi) is 6.89. The lowest BCUT2D eigenvalue weighted by molar-refractivity contribution is -0.127. The third-order valence-corrected chi connectivity index (χ3v) is 6.70. The first-order chi connectivity index (χ1) is 13.0. The fourth-order valence-electron chi connectivity index (χ4n) is 4.73. The topological polar surface area (TPSA) is 47.9 Å². The number of nitrogens with one attached hydrogen (secondary N) is 1. The van der Waals surface area contributed by atoms with Crippen molar-refractivity contribution in [3.05, 3.63) is 35.4 Å². The number of fused-ring (bicyclic) bond motifs is 1. The molecule has 0 aromatic heterocycles. The highest BCUT2D eigenvalue weighted by molar-refractivity contribution is 14.0. The molecule has 1 saturated carbocycles. The molecule has 5 nitrogen and oxygen atoms in total. The Morgan fingerprint density at radius 3 is 2.64 bits per heavy atom. The summed E-state index contributed by atoms with van der Waals surface area (Å²) in [5.41, 5.74) is 3.45. The van der Waals surface area contributed by atoms with Crippen LogP contribution < -0.4 is 5.32 Å². The number of benzene rings is 1. The van der Waals surface area contributed by atoms with E-state index in [2.05, 4.69) is 34.5 Å². The number of guanidine groups is 1. The molecule has 1 heterocycles. The molecule has 1 aromatic carbocycles. The number of likely N-dealkylation sites (N-methyl/N-ethyl adjacent to an activating group) is 1. The first-order valence-corrected chi connectivity index (χ1v) is 10.4. The molecule has 3 aliphatic rings. The minimum absolute atomic E-state index is 0. The smallest absolute Gasteiger partial charge is 0.243 e. The summed E-state index contributed by atoms with van der Waals surface area (Å²) < 4.78 is 0. The molecular weight excluding hydrogens is 463 g/mol. The van der Waals surface area contributed by atoms with Crippen molar-refractivity contribution in [1.29, 1.82) is 0 Å². The summed E-state index contributed by atoms with van der Waals surface area (Å²) in [5, 5.41) is 3.72. The zero-order chi connectivity index (χ0) is 18.9. The van der Waals surface area contributed by atoms with Crippen molar-refractivity contribution >= 4 is 35.8 Å². The molecule has 1 aliphatic heterocycles. The molecule has 6 heteroatoms. The molecule has 2 aliphatic carbocycles. The van der Waals surface area contributed by atoms with Crippen LogP contribution >= 0.6 is 24.0 Å². The summed E-state index contributed by atoms with van der Waals surface area (Å²) in [7, 11) is 3.59. The second kappa shape index (κ2) is 9.01. The highest BCUT2D eigenvalue weighted by Crippen LogP contribution is 2.47. The van der Waals surface area contributed by atoms with Crippen LogP contribution in [-0.2, 0) is 17.6 Å². The van der Waals surface area contributed by atoms with Crippen LogP contribution in [0.25, 0.3) is 0 Å². The number of halogens is 1. The van der Waals surface area contributed by atoms with Gasteiger partial charge in [-0.2, -0.15) is 0 Å². The van der Waals surface area contributed by atoms with Gasteiger partial charge in [-0.15, -0.1) is 24.0 Å². The highest BCUT2D eigenvalue weighted by Gasteiger charge is 2.43. The van der Waals surface area contributed by atoms with Crippen molar-refractivity contribution in [3.8, 4) is 0 Å². The molecule has 0 radical (unpaired) electrons. The fourth-order valence-corrected chi connectivity index (χ4v) is 4.73. The summed E-state index contributed by atoms with van der Waals surface area (Å²) in [4.78, 5) is 20.9. The molecule has 154 valence electrons. The van der Waals surface area contributed by atoms with E-state index in [4.69, 9.17) is 4.99 Å². The number of hydrogen-bond acceptors (Lipinski definition) is 2. The Bertz CT molecular complexity index is 729. The van der Waals surface area contributed by atoms with Crippen molar-refractivity contribution in [2.75, 3.05) is 33.7 Å². The van der Waals surface area contributed by atoms with Crippen molar-refractivity contribution < 1.29 is 4.79 Å². The van der Waals surface area contributed by atoms with Crippen LogP contribution in [0.1, 0.15) is 43.2 Å². The third-order valence-electron chi connectivity index (χ3n) is 6.70. The first-order valence-electron chi connectivity index (χ1n) is 10.4. The fraction of sp³-hybridized carbons (Fsp3) is 0.636. The molecule has 1 aromatic rings. The summed E-state index contributed by atoms with van der Waals surface area (Å²) in [5.74, 6) is 0.999. The lowest BCUT2D eigenvalue weighted by Gasteiger charge is -2.38. The molecular formula is C22H33IN4O. The van der Waals surface area contributed by atoms with Gasteiger partial charge >= 0.3 is 0 Å². The monoisotopic (exact) mass is 496 g/mol. The van der Waals surface area contributed by atoms with Gasteiger partial charge in [0.15, 0.2) is 5.96 Å². The Labute approximate surface area is 186 Å². The SMILES string of the molecule is CN(C)C(=O)CN=C(NC1CCc2ccccc2C1)N1CCC2(CCC2)C1.I. The molecule has 1 spiro atoms. The predicted octanol–water partition coefficient (Wildman–Crippen LogP) is 3.07. The average Bonchev–Trinajstić information content (AvgIpc) is 3.10. The number of nitrogens with zero attached hydrogens (tertiary/aromatic N) is 3. The maximum atomic E-state index is 12.1. The Balaban J connectivity index is 0.00000225. The quantitative estimate of drug-likeness (QED) is 0.398. The van der Waals surface area contributed by atoms with E-state index < -0.39 is 0 Å². The van der Waals surface area contributed by atoms with E-state index in [0.29, 0.717) is 11.5 Å². The van der Waals surface area contributed by atoms with Crippen LogP contribution in [0, 0.1) is 5.41 Å². The maximum Gasteiger partial charge on any atom is 0.243 e. The van der Waals surface area contributed by atoms with Crippen LogP contribution in [0.2, 0.25) is 0 Å². The molecule has 4 rings (SSSR count). The second-order valence-electron chi connectivity index (χ2n) is 8.81. The van der Waals surface area contributed by atoms with E-state index >= 15 is 0 Å². The number of amides is 1. The van der Waals surface area contributed by atoms with Gasteiger partial charge in [-0.05, 0) is 55.1 Å². The second-order valence-corrected chi connectivity index (χ2v) is 8.81. The van der Waals surface area contributed by atoms with Gasteiger partial charge in [-0.3, -0.25) is 4.79 Å². The molecule has 1 N–H and O–H groups in total. The number of aryl methyl sites for hydroxylation is 1. The van der Waals surface area contributed by atoms with Gasteiger partial charge in [-0.1, -0.05) is 30.7 Å². The molecule has 28 heavy (non-hydrogen) atoms. The van der Waals surface area contributed by atoms with Crippen LogP contribution in [0.3, 0.4) is 0 Å². The van der Waals surface area contributed by atoms with Crippen molar-refractivity contribution in [1.82, 2.24) is 15.1 Å². The van der Waals surface area contributed by atoms with Gasteiger partial charge in [0, 0.05) is 33.2 Å². The molecule has 2 fully saturated rings. The van der Waals surface area contributed by atoms with Gasteiger partial charge in [-0.25, -0.2) is 4.99 Å². The lowest BCUT2D eigenvalue weighted by Crippen LogP contribution is -2.48. The van der Waals surface area contributed by atoms with Gasteiger partial charge in [0.2, 0.25) is 5.91 Å². The van der Waals surface area contributed by atoms with E-state index in [-0.39, 0.29) is 36.4 Å². The molecule has 1 saturated heterocycles. The minimum Gasteiger partial charge on any atom is -0.353 e. The Morgan fingerprint density at radius 1 is 1.25 bits per heavy atom. The van der Waals surface area contributed by atoms with Crippen molar-refractivity contribution in [2.24, 2.45) is 10.4 Å².